The first-order valence-corrected chi connectivity index (χ1v) is 4.87. The number of amides is 1. The topological polar surface area (TPSA) is 63.3 Å². The standard InChI is InChI=1S/C13H11NO2/c14-13(16)11-8-10(6-7-12(11)15)9-4-2-1-3-5-9/h1-8,15H,(H2,14,16). The quantitative estimate of drug-likeness (QED) is 0.802. The number of primary amides is 1. The molecule has 0 spiro atoms. The molecule has 0 bridgehead atoms. The average Bonchev–Trinajstić information content (AvgIpc) is 2.30. The Balaban J connectivity index is 2.52. The summed E-state index contributed by atoms with van der Waals surface area (Å²) in [5.74, 6) is -0.720. The predicted molar refractivity (Wildman–Crippen MR) is 62.1 cm³/mol. The third-order valence-corrected chi connectivity index (χ3v) is 2.37. The SMILES string of the molecule is NC(=O)c1cc(-c2ccccc2)ccc1O. The van der Waals surface area contributed by atoms with Crippen LogP contribution in [-0.4, -0.2) is 11.0 Å². The summed E-state index contributed by atoms with van der Waals surface area (Å²) in [7, 11) is 0. The van der Waals surface area contributed by atoms with Gasteiger partial charge >= 0.3 is 0 Å². The summed E-state index contributed by atoms with van der Waals surface area (Å²) in [4.78, 5) is 11.1. The summed E-state index contributed by atoms with van der Waals surface area (Å²) >= 11 is 0. The summed E-state index contributed by atoms with van der Waals surface area (Å²) < 4.78 is 0. The van der Waals surface area contributed by atoms with Gasteiger partial charge in [-0.25, -0.2) is 0 Å². The second kappa shape index (κ2) is 4.06. The fraction of sp³-hybridized carbons (Fsp3) is 0. The average molecular weight is 213 g/mol. The van der Waals surface area contributed by atoms with Gasteiger partial charge in [0, 0.05) is 0 Å². The minimum absolute atomic E-state index is 0.0906. The number of aromatic hydroxyl groups is 1. The van der Waals surface area contributed by atoms with E-state index in [0.29, 0.717) is 0 Å². The molecular weight excluding hydrogens is 202 g/mol. The molecule has 0 heterocycles. The highest BCUT2D eigenvalue weighted by atomic mass is 16.3. The monoisotopic (exact) mass is 213 g/mol. The van der Waals surface area contributed by atoms with Gasteiger partial charge in [0.1, 0.15) is 5.75 Å². The van der Waals surface area contributed by atoms with E-state index in [2.05, 4.69) is 0 Å². The Hall–Kier alpha value is -2.29. The minimum atomic E-state index is -0.629. The molecule has 0 fully saturated rings. The van der Waals surface area contributed by atoms with Crippen LogP contribution in [0.25, 0.3) is 11.1 Å². The molecule has 3 heteroatoms. The van der Waals surface area contributed by atoms with Gasteiger partial charge in [-0.15, -0.1) is 0 Å². The molecule has 1 amide bonds. The van der Waals surface area contributed by atoms with Gasteiger partial charge in [-0.3, -0.25) is 4.79 Å². The maximum atomic E-state index is 11.1. The van der Waals surface area contributed by atoms with E-state index in [0.717, 1.165) is 11.1 Å². The molecule has 0 aromatic heterocycles. The van der Waals surface area contributed by atoms with Crippen LogP contribution in [0.4, 0.5) is 0 Å². The Bertz CT molecular complexity index is 521. The summed E-state index contributed by atoms with van der Waals surface area (Å²) in [5.41, 5.74) is 7.13. The van der Waals surface area contributed by atoms with Gasteiger partial charge < -0.3 is 10.8 Å². The van der Waals surface area contributed by atoms with E-state index in [4.69, 9.17) is 5.73 Å². The normalized spacial score (nSPS) is 10.0. The third kappa shape index (κ3) is 1.88. The first-order valence-electron chi connectivity index (χ1n) is 4.87. The van der Waals surface area contributed by atoms with Crippen LogP contribution in [0.3, 0.4) is 0 Å². The van der Waals surface area contributed by atoms with Crippen LogP contribution in [0.1, 0.15) is 10.4 Å². The zero-order valence-electron chi connectivity index (χ0n) is 8.55. The minimum Gasteiger partial charge on any atom is -0.507 e. The van der Waals surface area contributed by atoms with Crippen molar-refractivity contribution >= 4 is 5.91 Å². The molecule has 0 unspecified atom stereocenters. The number of carbonyl (C=O) groups is 1. The highest BCUT2D eigenvalue weighted by Gasteiger charge is 2.08. The molecule has 0 aliphatic heterocycles. The zero-order valence-corrected chi connectivity index (χ0v) is 8.55. The van der Waals surface area contributed by atoms with Gasteiger partial charge in [0.25, 0.3) is 5.91 Å². The van der Waals surface area contributed by atoms with Crippen LogP contribution in [0, 0.1) is 0 Å². The molecule has 80 valence electrons. The Morgan fingerprint density at radius 3 is 2.31 bits per heavy atom. The molecule has 0 atom stereocenters. The maximum Gasteiger partial charge on any atom is 0.252 e. The summed E-state index contributed by atoms with van der Waals surface area (Å²) in [6, 6.07) is 14.4. The second-order valence-corrected chi connectivity index (χ2v) is 3.46. The second-order valence-electron chi connectivity index (χ2n) is 3.46. The Kier molecular flexibility index (Phi) is 2.60. The number of hydrogen-bond acceptors (Lipinski definition) is 2. The van der Waals surface area contributed by atoms with Crippen LogP contribution in [0.5, 0.6) is 5.75 Å². The first kappa shape index (κ1) is 10.2. The van der Waals surface area contributed by atoms with E-state index in [9.17, 15) is 9.90 Å². The molecule has 0 saturated carbocycles. The lowest BCUT2D eigenvalue weighted by molar-refractivity contribution is 0.0998. The maximum absolute atomic E-state index is 11.1. The van der Waals surface area contributed by atoms with Gasteiger partial charge in [0.05, 0.1) is 5.56 Å². The van der Waals surface area contributed by atoms with Crippen molar-refractivity contribution in [3.8, 4) is 16.9 Å². The fourth-order valence-electron chi connectivity index (χ4n) is 1.54. The Labute approximate surface area is 93.1 Å². The van der Waals surface area contributed by atoms with Crippen molar-refractivity contribution in [3.05, 3.63) is 54.1 Å². The lowest BCUT2D eigenvalue weighted by Crippen LogP contribution is -2.11. The number of hydrogen-bond donors (Lipinski definition) is 2. The van der Waals surface area contributed by atoms with Gasteiger partial charge in [-0.2, -0.15) is 0 Å². The van der Waals surface area contributed by atoms with E-state index >= 15 is 0 Å². The molecule has 0 aliphatic carbocycles. The molecule has 0 radical (unpaired) electrons. The van der Waals surface area contributed by atoms with E-state index < -0.39 is 5.91 Å². The van der Waals surface area contributed by atoms with Crippen LogP contribution < -0.4 is 5.73 Å². The van der Waals surface area contributed by atoms with Gasteiger partial charge in [0.2, 0.25) is 0 Å². The van der Waals surface area contributed by atoms with Crippen molar-refractivity contribution in [1.82, 2.24) is 0 Å². The van der Waals surface area contributed by atoms with E-state index in [1.807, 2.05) is 30.3 Å². The van der Waals surface area contributed by atoms with Gasteiger partial charge in [-0.1, -0.05) is 36.4 Å². The van der Waals surface area contributed by atoms with Crippen molar-refractivity contribution < 1.29 is 9.90 Å². The van der Waals surface area contributed by atoms with Crippen molar-refractivity contribution in [3.63, 3.8) is 0 Å². The molecule has 0 aliphatic rings. The summed E-state index contributed by atoms with van der Waals surface area (Å²) in [5, 5.41) is 9.45. The van der Waals surface area contributed by atoms with Gasteiger partial charge in [0.15, 0.2) is 0 Å². The van der Waals surface area contributed by atoms with Crippen molar-refractivity contribution in [2.75, 3.05) is 0 Å². The Morgan fingerprint density at radius 2 is 1.69 bits per heavy atom. The van der Waals surface area contributed by atoms with E-state index in [1.54, 1.807) is 12.1 Å². The van der Waals surface area contributed by atoms with Crippen LogP contribution in [0.15, 0.2) is 48.5 Å². The largest absolute Gasteiger partial charge is 0.507 e. The van der Waals surface area contributed by atoms with Crippen molar-refractivity contribution in [1.29, 1.82) is 0 Å². The fourth-order valence-corrected chi connectivity index (χ4v) is 1.54. The molecule has 0 saturated heterocycles. The third-order valence-electron chi connectivity index (χ3n) is 2.37. The smallest absolute Gasteiger partial charge is 0.252 e. The number of benzene rings is 2. The summed E-state index contributed by atoms with van der Waals surface area (Å²) in [6.07, 6.45) is 0. The first-order chi connectivity index (χ1) is 7.68. The predicted octanol–water partition coefficient (Wildman–Crippen LogP) is 2.16. The molecule has 3 nitrogen and oxygen atoms in total. The molecule has 16 heavy (non-hydrogen) atoms. The lowest BCUT2D eigenvalue weighted by atomic mass is 10.0. The van der Waals surface area contributed by atoms with Crippen LogP contribution in [0.2, 0.25) is 0 Å². The van der Waals surface area contributed by atoms with Crippen molar-refractivity contribution in [2.24, 2.45) is 5.73 Å². The Morgan fingerprint density at radius 1 is 1.00 bits per heavy atom. The lowest BCUT2D eigenvalue weighted by Gasteiger charge is -2.05. The zero-order chi connectivity index (χ0) is 11.5. The van der Waals surface area contributed by atoms with Crippen LogP contribution >= 0.6 is 0 Å². The highest BCUT2D eigenvalue weighted by Crippen LogP contribution is 2.25. The molecular formula is C13H11NO2. The molecule has 2 rings (SSSR count). The molecule has 3 N–H and O–H groups in total. The van der Waals surface area contributed by atoms with E-state index in [-0.39, 0.29) is 11.3 Å². The van der Waals surface area contributed by atoms with E-state index in [1.165, 1.54) is 6.07 Å². The number of phenols is 1. The number of nitrogens with two attached hydrogens (primary N) is 1. The molecule has 2 aromatic carbocycles. The van der Waals surface area contributed by atoms with Crippen LogP contribution in [-0.2, 0) is 0 Å². The number of rotatable bonds is 2. The van der Waals surface area contributed by atoms with Gasteiger partial charge in [-0.05, 0) is 23.3 Å². The molecule has 2 aromatic rings. The summed E-state index contributed by atoms with van der Waals surface area (Å²) in [6.45, 7) is 0. The van der Waals surface area contributed by atoms with Crippen molar-refractivity contribution in [2.45, 2.75) is 0 Å². The number of carbonyl (C=O) groups excluding carboxylic acids is 1. The highest BCUT2D eigenvalue weighted by molar-refractivity contribution is 5.96.